The van der Waals surface area contributed by atoms with Crippen molar-refractivity contribution < 1.29 is 9.53 Å². The predicted molar refractivity (Wildman–Crippen MR) is 154 cm³/mol. The molecule has 38 heavy (non-hydrogen) atoms. The molecule has 196 valence electrons. The molecule has 7 nitrogen and oxygen atoms in total. The van der Waals surface area contributed by atoms with E-state index in [9.17, 15) is 4.79 Å². The van der Waals surface area contributed by atoms with Gasteiger partial charge in [0.1, 0.15) is 5.75 Å². The molecule has 3 heterocycles. The average Bonchev–Trinajstić information content (AvgIpc) is 3.64. The quantitative estimate of drug-likeness (QED) is 0.259. The van der Waals surface area contributed by atoms with Crippen molar-refractivity contribution in [1.29, 1.82) is 0 Å². The maximum absolute atomic E-state index is 12.6. The summed E-state index contributed by atoms with van der Waals surface area (Å²) in [6, 6.07) is 15.3. The third-order valence-corrected chi connectivity index (χ3v) is 8.38. The van der Waals surface area contributed by atoms with Gasteiger partial charge in [0, 0.05) is 34.8 Å². The second-order valence-corrected chi connectivity index (χ2v) is 11.7. The summed E-state index contributed by atoms with van der Waals surface area (Å²) in [5.74, 6) is 4.16. The van der Waals surface area contributed by atoms with Gasteiger partial charge in [0.05, 0.1) is 17.6 Å². The minimum Gasteiger partial charge on any atom is -0.438 e. The highest BCUT2D eigenvalue weighted by Gasteiger charge is 2.25. The Morgan fingerprint density at radius 2 is 1.89 bits per heavy atom. The largest absolute Gasteiger partial charge is 0.438 e. The van der Waals surface area contributed by atoms with Gasteiger partial charge in [-0.25, -0.2) is 9.50 Å². The SMILES string of the molecule is Cc1cc(-c2cnc3c(NCC4CCSCC4)cc(Oc4ccc(Cl)cc4)nn23)ccc1C(=O)NC1CC1. The summed E-state index contributed by atoms with van der Waals surface area (Å²) in [4.78, 5) is 17.4. The van der Waals surface area contributed by atoms with E-state index in [1.54, 1.807) is 12.1 Å². The zero-order valence-electron chi connectivity index (χ0n) is 21.2. The molecule has 2 aromatic heterocycles. The number of carbonyl (C=O) groups excluding carboxylic acids is 1. The number of hydrogen-bond donors (Lipinski definition) is 2. The zero-order chi connectivity index (χ0) is 26.1. The van der Waals surface area contributed by atoms with E-state index in [0.717, 1.165) is 47.5 Å². The van der Waals surface area contributed by atoms with E-state index in [1.807, 2.05) is 65.8 Å². The summed E-state index contributed by atoms with van der Waals surface area (Å²) in [6.07, 6.45) is 6.38. The van der Waals surface area contributed by atoms with Crippen LogP contribution in [0.1, 0.15) is 41.6 Å². The molecule has 0 atom stereocenters. The van der Waals surface area contributed by atoms with Crippen LogP contribution in [0.3, 0.4) is 0 Å². The molecule has 0 bridgehead atoms. The lowest BCUT2D eigenvalue weighted by Crippen LogP contribution is -2.26. The van der Waals surface area contributed by atoms with Crippen LogP contribution in [0.4, 0.5) is 5.69 Å². The normalized spacial score (nSPS) is 15.9. The number of benzene rings is 2. The molecule has 0 unspecified atom stereocenters. The number of imidazole rings is 1. The van der Waals surface area contributed by atoms with Crippen LogP contribution in [0.5, 0.6) is 11.6 Å². The first-order valence-electron chi connectivity index (χ1n) is 13.1. The molecular formula is C29H30ClN5O2S. The number of rotatable bonds is 8. The van der Waals surface area contributed by atoms with Gasteiger partial charge in [-0.3, -0.25) is 4.79 Å². The van der Waals surface area contributed by atoms with Gasteiger partial charge in [0.25, 0.3) is 5.91 Å². The molecule has 2 aliphatic rings. The van der Waals surface area contributed by atoms with Crippen LogP contribution in [0.2, 0.25) is 5.02 Å². The Hall–Kier alpha value is -3.23. The minimum absolute atomic E-state index is 0.0148. The number of nitrogens with zero attached hydrogens (tertiary/aromatic N) is 3. The topological polar surface area (TPSA) is 80.6 Å². The molecule has 2 N–H and O–H groups in total. The summed E-state index contributed by atoms with van der Waals surface area (Å²) in [7, 11) is 0. The molecule has 0 spiro atoms. The highest BCUT2D eigenvalue weighted by atomic mass is 35.5. The first-order valence-corrected chi connectivity index (χ1v) is 14.6. The molecule has 9 heteroatoms. The summed E-state index contributed by atoms with van der Waals surface area (Å²) < 4.78 is 7.96. The number of amides is 1. The molecule has 1 saturated heterocycles. The monoisotopic (exact) mass is 547 g/mol. The van der Waals surface area contributed by atoms with E-state index in [-0.39, 0.29) is 5.91 Å². The van der Waals surface area contributed by atoms with E-state index in [0.29, 0.717) is 34.2 Å². The maximum Gasteiger partial charge on any atom is 0.251 e. The number of anilines is 1. The molecule has 1 aliphatic heterocycles. The van der Waals surface area contributed by atoms with Gasteiger partial charge in [0.15, 0.2) is 5.65 Å². The van der Waals surface area contributed by atoms with Crippen LogP contribution in [-0.2, 0) is 0 Å². The molecule has 1 saturated carbocycles. The van der Waals surface area contributed by atoms with Crippen LogP contribution in [-0.4, -0.2) is 44.6 Å². The number of fused-ring (bicyclic) bond motifs is 1. The number of halogens is 1. The highest BCUT2D eigenvalue weighted by Crippen LogP contribution is 2.31. The van der Waals surface area contributed by atoms with E-state index < -0.39 is 0 Å². The fraction of sp³-hybridized carbons (Fsp3) is 0.345. The van der Waals surface area contributed by atoms with Crippen molar-refractivity contribution in [3.63, 3.8) is 0 Å². The van der Waals surface area contributed by atoms with Crippen LogP contribution in [0.15, 0.2) is 54.7 Å². The zero-order valence-corrected chi connectivity index (χ0v) is 22.8. The first kappa shape index (κ1) is 25.1. The molecule has 6 rings (SSSR count). The Labute approximate surface area is 231 Å². The standard InChI is InChI=1S/C29H30ClN5O2S/c1-18-14-20(2-9-24(18)29(36)33-22-5-6-22)26-17-32-28-25(31-16-19-10-12-38-13-11-19)15-27(34-35(26)28)37-23-7-3-21(30)4-8-23/h2-4,7-9,14-15,17,19,22,31H,5-6,10-13,16H2,1H3,(H,33,36). The fourth-order valence-electron chi connectivity index (χ4n) is 4.72. The number of aromatic nitrogens is 3. The Balaban J connectivity index is 1.34. The Bertz CT molecular complexity index is 1460. The number of aryl methyl sites for hydroxylation is 1. The fourth-order valence-corrected chi connectivity index (χ4v) is 6.05. The Morgan fingerprint density at radius 3 is 2.63 bits per heavy atom. The van der Waals surface area contributed by atoms with Crippen LogP contribution in [0, 0.1) is 12.8 Å². The van der Waals surface area contributed by atoms with Gasteiger partial charge in [-0.1, -0.05) is 17.7 Å². The molecule has 1 aliphatic carbocycles. The first-order chi connectivity index (χ1) is 18.5. The molecule has 1 amide bonds. The molecule has 0 radical (unpaired) electrons. The summed E-state index contributed by atoms with van der Waals surface area (Å²) in [6.45, 7) is 2.85. The van der Waals surface area contributed by atoms with Crippen molar-refractivity contribution in [2.45, 2.75) is 38.6 Å². The number of hydrogen-bond acceptors (Lipinski definition) is 6. The van der Waals surface area contributed by atoms with Crippen molar-refractivity contribution in [1.82, 2.24) is 19.9 Å². The van der Waals surface area contributed by atoms with E-state index in [2.05, 4.69) is 10.6 Å². The number of ether oxygens (including phenoxy) is 1. The lowest BCUT2D eigenvalue weighted by Gasteiger charge is -2.22. The second kappa shape index (κ2) is 10.9. The summed E-state index contributed by atoms with van der Waals surface area (Å²) in [5, 5.41) is 12.1. The average molecular weight is 548 g/mol. The van der Waals surface area contributed by atoms with Crippen molar-refractivity contribution in [3.05, 3.63) is 70.9 Å². The lowest BCUT2D eigenvalue weighted by atomic mass is 10.0. The molecular weight excluding hydrogens is 518 g/mol. The maximum atomic E-state index is 12.6. The lowest BCUT2D eigenvalue weighted by molar-refractivity contribution is 0.0950. The Kier molecular flexibility index (Phi) is 7.17. The van der Waals surface area contributed by atoms with Gasteiger partial charge in [-0.05, 0) is 92.0 Å². The van der Waals surface area contributed by atoms with Crippen LogP contribution in [0.25, 0.3) is 16.9 Å². The third kappa shape index (κ3) is 5.61. The van der Waals surface area contributed by atoms with Crippen LogP contribution >= 0.6 is 23.4 Å². The third-order valence-electron chi connectivity index (χ3n) is 7.08. The van der Waals surface area contributed by atoms with Gasteiger partial charge in [0.2, 0.25) is 5.88 Å². The summed E-state index contributed by atoms with van der Waals surface area (Å²) in [5.41, 5.74) is 4.99. The molecule has 4 aromatic rings. The van der Waals surface area contributed by atoms with Crippen molar-refractivity contribution >= 4 is 40.6 Å². The number of thioether (sulfide) groups is 1. The molecule has 2 aromatic carbocycles. The number of nitrogens with one attached hydrogen (secondary N) is 2. The van der Waals surface area contributed by atoms with Gasteiger partial charge in [-0.2, -0.15) is 11.8 Å². The van der Waals surface area contributed by atoms with Crippen molar-refractivity contribution in [3.8, 4) is 22.9 Å². The van der Waals surface area contributed by atoms with Crippen LogP contribution < -0.4 is 15.4 Å². The Morgan fingerprint density at radius 1 is 1.11 bits per heavy atom. The van der Waals surface area contributed by atoms with E-state index >= 15 is 0 Å². The predicted octanol–water partition coefficient (Wildman–Crippen LogP) is 6.60. The number of carbonyl (C=O) groups is 1. The van der Waals surface area contributed by atoms with Crippen molar-refractivity contribution in [2.75, 3.05) is 23.4 Å². The highest BCUT2D eigenvalue weighted by molar-refractivity contribution is 7.99. The van der Waals surface area contributed by atoms with E-state index in [1.165, 1.54) is 24.3 Å². The van der Waals surface area contributed by atoms with Gasteiger partial charge in [-0.15, -0.1) is 5.10 Å². The smallest absolute Gasteiger partial charge is 0.251 e. The van der Waals surface area contributed by atoms with Crippen molar-refractivity contribution in [2.24, 2.45) is 5.92 Å². The van der Waals surface area contributed by atoms with E-state index in [4.69, 9.17) is 26.4 Å². The summed E-state index contributed by atoms with van der Waals surface area (Å²) >= 11 is 8.09. The minimum atomic E-state index is -0.0148. The van der Waals surface area contributed by atoms with Gasteiger partial charge < -0.3 is 15.4 Å². The van der Waals surface area contributed by atoms with Gasteiger partial charge >= 0.3 is 0 Å². The molecule has 2 fully saturated rings. The second-order valence-electron chi connectivity index (χ2n) is 10.0.